The van der Waals surface area contributed by atoms with E-state index < -0.39 is 5.54 Å². The Labute approximate surface area is 105 Å². The van der Waals surface area contributed by atoms with Crippen LogP contribution in [-0.4, -0.2) is 27.2 Å². The first-order valence-electron chi connectivity index (χ1n) is 5.03. The number of hydrogen-bond acceptors (Lipinski definition) is 2. The van der Waals surface area contributed by atoms with Crippen molar-refractivity contribution < 1.29 is 4.79 Å². The highest BCUT2D eigenvalue weighted by atomic mass is 35.5. The van der Waals surface area contributed by atoms with Gasteiger partial charge in [0.2, 0.25) is 0 Å². The van der Waals surface area contributed by atoms with Crippen molar-refractivity contribution in [2.75, 3.05) is 5.88 Å². The zero-order chi connectivity index (χ0) is 11.9. The third-order valence-corrected chi connectivity index (χ3v) is 3.78. The topological polar surface area (TPSA) is 20.3 Å². The van der Waals surface area contributed by atoms with Crippen molar-refractivity contribution in [2.24, 2.45) is 0 Å². The van der Waals surface area contributed by atoms with Crippen LogP contribution in [0.15, 0.2) is 24.3 Å². The molecule has 0 saturated heterocycles. The number of benzene rings is 1. The van der Waals surface area contributed by atoms with Crippen LogP contribution in [0.5, 0.6) is 0 Å². The van der Waals surface area contributed by atoms with Crippen LogP contribution in [0.4, 0.5) is 0 Å². The van der Waals surface area contributed by atoms with Gasteiger partial charge in [0.1, 0.15) is 4.99 Å². The predicted molar refractivity (Wildman–Crippen MR) is 69.1 cm³/mol. The van der Waals surface area contributed by atoms with Gasteiger partial charge < -0.3 is 0 Å². The van der Waals surface area contributed by atoms with Gasteiger partial charge in [0.05, 0.1) is 11.1 Å². The van der Waals surface area contributed by atoms with E-state index in [0.29, 0.717) is 16.4 Å². The summed E-state index contributed by atoms with van der Waals surface area (Å²) in [5.74, 6) is 0.304. The highest BCUT2D eigenvalue weighted by Gasteiger charge is 2.40. The van der Waals surface area contributed by atoms with E-state index in [4.69, 9.17) is 23.8 Å². The molecule has 0 fully saturated rings. The average Bonchev–Trinajstić information content (AvgIpc) is 2.53. The molecule has 0 aliphatic carbocycles. The molecule has 2 nitrogen and oxygen atoms in total. The van der Waals surface area contributed by atoms with Crippen molar-refractivity contribution in [3.05, 3.63) is 35.4 Å². The van der Waals surface area contributed by atoms with Gasteiger partial charge in [-0.3, -0.25) is 9.69 Å². The second kappa shape index (κ2) is 3.82. The molecule has 0 saturated carbocycles. The highest BCUT2D eigenvalue weighted by molar-refractivity contribution is 7.80. The predicted octanol–water partition coefficient (Wildman–Crippen LogP) is 2.84. The Hall–Kier alpha value is -0.930. The van der Waals surface area contributed by atoms with E-state index in [1.165, 1.54) is 0 Å². The third-order valence-electron chi connectivity index (χ3n) is 2.73. The van der Waals surface area contributed by atoms with E-state index in [1.807, 2.05) is 32.0 Å². The summed E-state index contributed by atoms with van der Waals surface area (Å²) in [6.07, 6.45) is 0. The number of hydrogen-bond donors (Lipinski definition) is 0. The van der Waals surface area contributed by atoms with Gasteiger partial charge in [-0.15, -0.1) is 11.6 Å². The Morgan fingerprint density at radius 3 is 2.38 bits per heavy atom. The lowest BCUT2D eigenvalue weighted by atomic mass is 10.1. The molecule has 0 unspecified atom stereocenters. The molecule has 0 radical (unpaired) electrons. The van der Waals surface area contributed by atoms with E-state index in [-0.39, 0.29) is 5.91 Å². The molecule has 16 heavy (non-hydrogen) atoms. The molecule has 0 bridgehead atoms. The maximum atomic E-state index is 12.2. The summed E-state index contributed by atoms with van der Waals surface area (Å²) in [6, 6.07) is 7.40. The van der Waals surface area contributed by atoms with Gasteiger partial charge in [0.25, 0.3) is 5.91 Å². The lowest BCUT2D eigenvalue weighted by Gasteiger charge is -2.33. The van der Waals surface area contributed by atoms with Gasteiger partial charge in [0.15, 0.2) is 0 Å². The highest BCUT2D eigenvalue weighted by Crippen LogP contribution is 2.30. The first-order valence-corrected chi connectivity index (χ1v) is 5.97. The second-order valence-electron chi connectivity index (χ2n) is 4.44. The van der Waals surface area contributed by atoms with Gasteiger partial charge in [-0.1, -0.05) is 30.4 Å². The SMILES string of the molecule is CC(C)(CCl)N1C(=O)c2ccccc2C1=S. The summed E-state index contributed by atoms with van der Waals surface area (Å²) < 4.78 is 0. The molecule has 1 aromatic rings. The van der Waals surface area contributed by atoms with Crippen molar-refractivity contribution in [2.45, 2.75) is 19.4 Å². The van der Waals surface area contributed by atoms with Crippen LogP contribution in [0.3, 0.4) is 0 Å². The van der Waals surface area contributed by atoms with Gasteiger partial charge in [-0.2, -0.15) is 0 Å². The number of nitrogens with zero attached hydrogens (tertiary/aromatic N) is 1. The molecule has 0 atom stereocenters. The van der Waals surface area contributed by atoms with Crippen molar-refractivity contribution in [3.8, 4) is 0 Å². The Morgan fingerprint density at radius 1 is 1.31 bits per heavy atom. The number of rotatable bonds is 2. The molecule has 0 spiro atoms. The summed E-state index contributed by atoms with van der Waals surface area (Å²) in [7, 11) is 0. The van der Waals surface area contributed by atoms with Crippen molar-refractivity contribution in [1.82, 2.24) is 4.90 Å². The fourth-order valence-electron chi connectivity index (χ4n) is 1.80. The molecular formula is C12H12ClNOS. The summed E-state index contributed by atoms with van der Waals surface area (Å²) in [6.45, 7) is 3.83. The molecule has 2 rings (SSSR count). The molecule has 0 aromatic heterocycles. The van der Waals surface area contributed by atoms with E-state index in [0.717, 1.165) is 5.56 Å². The van der Waals surface area contributed by atoms with Gasteiger partial charge in [-0.05, 0) is 19.9 Å². The first-order chi connectivity index (χ1) is 7.49. The minimum atomic E-state index is -0.450. The van der Waals surface area contributed by atoms with Crippen LogP contribution < -0.4 is 0 Å². The molecule has 84 valence electrons. The summed E-state index contributed by atoms with van der Waals surface area (Å²) in [4.78, 5) is 14.4. The van der Waals surface area contributed by atoms with Crippen molar-refractivity contribution >= 4 is 34.7 Å². The zero-order valence-corrected chi connectivity index (χ0v) is 10.7. The van der Waals surface area contributed by atoms with Crippen LogP contribution in [0.2, 0.25) is 0 Å². The smallest absolute Gasteiger partial charge is 0.260 e. The lowest BCUT2D eigenvalue weighted by Crippen LogP contribution is -2.48. The third kappa shape index (κ3) is 1.55. The van der Waals surface area contributed by atoms with Gasteiger partial charge >= 0.3 is 0 Å². The molecule has 0 N–H and O–H groups in total. The van der Waals surface area contributed by atoms with E-state index in [2.05, 4.69) is 0 Å². The number of halogens is 1. The molecule has 4 heteroatoms. The largest absolute Gasteiger partial charge is 0.292 e. The Bertz CT molecular complexity index is 435. The minimum Gasteiger partial charge on any atom is -0.292 e. The van der Waals surface area contributed by atoms with Gasteiger partial charge in [0, 0.05) is 11.4 Å². The molecule has 1 aliphatic rings. The minimum absolute atomic E-state index is 0.0498. The van der Waals surface area contributed by atoms with Crippen molar-refractivity contribution in [3.63, 3.8) is 0 Å². The molecule has 1 aromatic carbocycles. The Kier molecular flexibility index (Phi) is 2.76. The molecular weight excluding hydrogens is 242 g/mol. The number of amides is 1. The number of thiocarbonyl (C=S) groups is 1. The monoisotopic (exact) mass is 253 g/mol. The molecule has 1 aliphatic heterocycles. The quantitative estimate of drug-likeness (QED) is 0.597. The number of carbonyl (C=O) groups excluding carboxylic acids is 1. The van der Waals surface area contributed by atoms with Crippen LogP contribution >= 0.6 is 23.8 Å². The van der Waals surface area contributed by atoms with Crippen LogP contribution in [0, 0.1) is 0 Å². The Balaban J connectivity index is 2.51. The van der Waals surface area contributed by atoms with E-state index in [1.54, 1.807) is 11.0 Å². The maximum Gasteiger partial charge on any atom is 0.260 e. The number of alkyl halides is 1. The fourth-order valence-corrected chi connectivity index (χ4v) is 2.43. The standard InChI is InChI=1S/C12H12ClNOS/c1-12(2,7-13)14-10(15)8-5-3-4-6-9(8)11(14)16/h3-6H,7H2,1-2H3. The summed E-state index contributed by atoms with van der Waals surface area (Å²) in [5, 5.41) is 0. The van der Waals surface area contributed by atoms with E-state index >= 15 is 0 Å². The van der Waals surface area contributed by atoms with E-state index in [9.17, 15) is 4.79 Å². The second-order valence-corrected chi connectivity index (χ2v) is 5.09. The van der Waals surface area contributed by atoms with Crippen LogP contribution in [0.25, 0.3) is 0 Å². The van der Waals surface area contributed by atoms with Gasteiger partial charge in [-0.25, -0.2) is 0 Å². The van der Waals surface area contributed by atoms with Crippen LogP contribution in [0.1, 0.15) is 29.8 Å². The lowest BCUT2D eigenvalue weighted by molar-refractivity contribution is 0.0773. The zero-order valence-electron chi connectivity index (χ0n) is 9.16. The number of fused-ring (bicyclic) bond motifs is 1. The number of carbonyl (C=O) groups is 1. The average molecular weight is 254 g/mol. The van der Waals surface area contributed by atoms with Crippen molar-refractivity contribution in [1.29, 1.82) is 0 Å². The molecule has 1 amide bonds. The first kappa shape index (κ1) is 11.6. The Morgan fingerprint density at radius 2 is 1.88 bits per heavy atom. The van der Waals surface area contributed by atoms with Crippen LogP contribution in [-0.2, 0) is 0 Å². The fraction of sp³-hybridized carbons (Fsp3) is 0.333. The maximum absolute atomic E-state index is 12.2. The molecule has 1 heterocycles. The summed E-state index contributed by atoms with van der Waals surface area (Å²) in [5.41, 5.74) is 1.06. The normalized spacial score (nSPS) is 15.6. The summed E-state index contributed by atoms with van der Waals surface area (Å²) >= 11 is 11.2.